The fourth-order valence-electron chi connectivity index (χ4n) is 2.48. The van der Waals surface area contributed by atoms with Gasteiger partial charge in [0, 0.05) is 64.3 Å². The number of rotatable bonds is 6. The van der Waals surface area contributed by atoms with Crippen LogP contribution in [0.5, 0.6) is 0 Å². The maximum absolute atomic E-state index is 4.58. The monoisotopic (exact) mass is 467 g/mol. The van der Waals surface area contributed by atoms with Crippen LogP contribution in [0.4, 0.5) is 5.13 Å². The minimum Gasteiger partial charge on any atom is -0.355 e. The molecule has 7 nitrogen and oxygen atoms in total. The predicted molar refractivity (Wildman–Crippen MR) is 113 cm³/mol. The molecule has 1 aromatic rings. The summed E-state index contributed by atoms with van der Waals surface area (Å²) >= 11 is 1.51. The van der Waals surface area contributed by atoms with Gasteiger partial charge in [0.05, 0.1) is 0 Å². The highest BCUT2D eigenvalue weighted by atomic mass is 127. The second kappa shape index (κ2) is 11.0. The Hall–Kier alpha value is -0.680. The zero-order valence-corrected chi connectivity index (χ0v) is 18.3. The summed E-state index contributed by atoms with van der Waals surface area (Å²) in [5, 5.41) is 4.51. The molecular weight excluding hydrogens is 437 g/mol. The molecule has 0 amide bonds. The van der Waals surface area contributed by atoms with E-state index in [1.165, 1.54) is 11.5 Å². The third-order valence-electron chi connectivity index (χ3n) is 4.15. The zero-order valence-electron chi connectivity index (χ0n) is 15.2. The lowest BCUT2D eigenvalue weighted by molar-refractivity contribution is 0.344. The fraction of sp³-hybridized carbons (Fsp3) is 0.800. The molecule has 9 heteroatoms. The van der Waals surface area contributed by atoms with Crippen LogP contribution in [0.3, 0.4) is 0 Å². The first-order chi connectivity index (χ1) is 11.2. The van der Waals surface area contributed by atoms with E-state index in [0.29, 0.717) is 0 Å². The Labute approximate surface area is 166 Å². The Kier molecular flexibility index (Phi) is 9.82. The van der Waals surface area contributed by atoms with Gasteiger partial charge in [0.25, 0.3) is 0 Å². The van der Waals surface area contributed by atoms with Crippen molar-refractivity contribution in [3.05, 3.63) is 5.82 Å². The van der Waals surface area contributed by atoms with Crippen LogP contribution in [0, 0.1) is 0 Å². The van der Waals surface area contributed by atoms with E-state index < -0.39 is 0 Å². The lowest BCUT2D eigenvalue weighted by Gasteiger charge is -2.36. The van der Waals surface area contributed by atoms with E-state index in [4.69, 9.17) is 0 Å². The molecule has 0 saturated carbocycles. The number of hydrogen-bond donors (Lipinski definition) is 1. The van der Waals surface area contributed by atoms with Crippen molar-refractivity contribution in [1.82, 2.24) is 24.5 Å². The number of aryl methyl sites for hydroxylation is 1. The largest absolute Gasteiger partial charge is 0.355 e. The average Bonchev–Trinajstić information content (AvgIpc) is 3.08. The Balaban J connectivity index is 0.00000288. The molecule has 0 aromatic carbocycles. The molecule has 0 spiro atoms. The quantitative estimate of drug-likeness (QED) is 0.388. The van der Waals surface area contributed by atoms with Crippen molar-refractivity contribution in [1.29, 1.82) is 0 Å². The first-order valence-electron chi connectivity index (χ1n) is 8.39. The van der Waals surface area contributed by atoms with Gasteiger partial charge in [-0.2, -0.15) is 4.37 Å². The summed E-state index contributed by atoms with van der Waals surface area (Å²) in [5.41, 5.74) is 0. The fourth-order valence-corrected chi connectivity index (χ4v) is 3.28. The number of halogens is 1. The Bertz CT molecular complexity index is 500. The second-order valence-corrected chi connectivity index (χ2v) is 6.42. The first-order valence-corrected chi connectivity index (χ1v) is 9.16. The van der Waals surface area contributed by atoms with E-state index in [9.17, 15) is 0 Å². The average molecular weight is 467 g/mol. The number of nitrogens with one attached hydrogen (secondary N) is 1. The van der Waals surface area contributed by atoms with Crippen LogP contribution in [-0.4, -0.2) is 85.0 Å². The SMILES string of the molecule is CCc1nsc(N2CCN(C(=NC)NCCN(C)CC)CC2)n1.I. The topological polar surface area (TPSA) is 59.9 Å². The van der Waals surface area contributed by atoms with Gasteiger partial charge in [-0.3, -0.25) is 4.99 Å². The summed E-state index contributed by atoms with van der Waals surface area (Å²) in [7, 11) is 3.99. The zero-order chi connectivity index (χ0) is 16.7. The summed E-state index contributed by atoms with van der Waals surface area (Å²) in [4.78, 5) is 15.9. The molecule has 1 aromatic heterocycles. The van der Waals surface area contributed by atoms with Crippen molar-refractivity contribution in [2.45, 2.75) is 20.3 Å². The summed E-state index contributed by atoms with van der Waals surface area (Å²) in [6.07, 6.45) is 0.902. The molecule has 2 rings (SSSR count). The van der Waals surface area contributed by atoms with Crippen LogP contribution in [0.15, 0.2) is 4.99 Å². The standard InChI is InChI=1S/C15H29N7S.HI/c1-5-13-18-15(23-19-13)22-11-9-21(10-12-22)14(16-3)17-7-8-20(4)6-2;/h5-12H2,1-4H3,(H,16,17);1H. The molecule has 0 atom stereocenters. The van der Waals surface area contributed by atoms with E-state index in [0.717, 1.165) is 69.1 Å². The number of aliphatic imine (C=N–C) groups is 1. The van der Waals surface area contributed by atoms with Gasteiger partial charge in [-0.25, -0.2) is 4.98 Å². The number of likely N-dealkylation sites (N-methyl/N-ethyl adjacent to an activating group) is 1. The van der Waals surface area contributed by atoms with Crippen molar-refractivity contribution in [3.8, 4) is 0 Å². The smallest absolute Gasteiger partial charge is 0.205 e. The van der Waals surface area contributed by atoms with E-state index in [2.05, 4.69) is 55.3 Å². The molecule has 24 heavy (non-hydrogen) atoms. The van der Waals surface area contributed by atoms with Crippen molar-refractivity contribution < 1.29 is 0 Å². The third-order valence-corrected chi connectivity index (χ3v) is 4.97. The molecule has 1 aliphatic heterocycles. The van der Waals surface area contributed by atoms with Crippen LogP contribution in [0.25, 0.3) is 0 Å². The lowest BCUT2D eigenvalue weighted by Crippen LogP contribution is -2.53. The first kappa shape index (κ1) is 21.4. The highest BCUT2D eigenvalue weighted by molar-refractivity contribution is 14.0. The van der Waals surface area contributed by atoms with E-state index in [1.807, 2.05) is 7.05 Å². The van der Waals surface area contributed by atoms with Gasteiger partial charge in [0.1, 0.15) is 5.82 Å². The van der Waals surface area contributed by atoms with Gasteiger partial charge in [-0.15, -0.1) is 24.0 Å². The normalized spacial score (nSPS) is 15.6. The van der Waals surface area contributed by atoms with Gasteiger partial charge in [-0.1, -0.05) is 13.8 Å². The summed E-state index contributed by atoms with van der Waals surface area (Å²) in [6.45, 7) is 11.1. The van der Waals surface area contributed by atoms with Crippen molar-refractivity contribution in [2.75, 3.05) is 64.8 Å². The van der Waals surface area contributed by atoms with Gasteiger partial charge >= 0.3 is 0 Å². The number of nitrogens with zero attached hydrogens (tertiary/aromatic N) is 6. The van der Waals surface area contributed by atoms with Crippen molar-refractivity contribution in [2.24, 2.45) is 4.99 Å². The summed E-state index contributed by atoms with van der Waals surface area (Å²) in [5.74, 6) is 1.95. The highest BCUT2D eigenvalue weighted by Gasteiger charge is 2.21. The van der Waals surface area contributed by atoms with Crippen molar-refractivity contribution >= 4 is 46.6 Å². The Morgan fingerprint density at radius 2 is 2.00 bits per heavy atom. The van der Waals surface area contributed by atoms with E-state index >= 15 is 0 Å². The van der Waals surface area contributed by atoms with Crippen LogP contribution >= 0.6 is 35.5 Å². The number of piperazine rings is 1. The van der Waals surface area contributed by atoms with E-state index in [1.54, 1.807) is 0 Å². The van der Waals surface area contributed by atoms with Gasteiger partial charge < -0.3 is 20.0 Å². The summed E-state index contributed by atoms with van der Waals surface area (Å²) in [6, 6.07) is 0. The highest BCUT2D eigenvalue weighted by Crippen LogP contribution is 2.19. The molecule has 1 N–H and O–H groups in total. The minimum absolute atomic E-state index is 0. The van der Waals surface area contributed by atoms with Gasteiger partial charge in [-0.05, 0) is 13.6 Å². The van der Waals surface area contributed by atoms with Crippen molar-refractivity contribution in [3.63, 3.8) is 0 Å². The molecule has 0 radical (unpaired) electrons. The number of anilines is 1. The molecule has 2 heterocycles. The minimum atomic E-state index is 0. The van der Waals surface area contributed by atoms with Gasteiger partial charge in [0.15, 0.2) is 5.96 Å². The lowest BCUT2D eigenvalue weighted by atomic mass is 10.3. The van der Waals surface area contributed by atoms with Crippen LogP contribution in [-0.2, 0) is 6.42 Å². The second-order valence-electron chi connectivity index (χ2n) is 5.69. The molecular formula is C15H30IN7S. The molecule has 1 aliphatic rings. The molecule has 138 valence electrons. The van der Waals surface area contributed by atoms with E-state index in [-0.39, 0.29) is 24.0 Å². The molecule has 0 unspecified atom stereocenters. The summed E-state index contributed by atoms with van der Waals surface area (Å²) < 4.78 is 4.38. The molecule has 1 fully saturated rings. The predicted octanol–water partition coefficient (Wildman–Crippen LogP) is 1.37. The number of hydrogen-bond acceptors (Lipinski definition) is 6. The Morgan fingerprint density at radius 1 is 1.29 bits per heavy atom. The molecule has 1 saturated heterocycles. The third kappa shape index (κ3) is 5.99. The van der Waals surface area contributed by atoms with Gasteiger partial charge in [0.2, 0.25) is 5.13 Å². The van der Waals surface area contributed by atoms with Crippen LogP contribution in [0.2, 0.25) is 0 Å². The van der Waals surface area contributed by atoms with Crippen LogP contribution in [0.1, 0.15) is 19.7 Å². The maximum atomic E-state index is 4.58. The number of aromatic nitrogens is 2. The number of guanidine groups is 1. The molecule has 0 bridgehead atoms. The Morgan fingerprint density at radius 3 is 2.54 bits per heavy atom. The van der Waals surface area contributed by atoms with Crippen LogP contribution < -0.4 is 10.2 Å². The maximum Gasteiger partial charge on any atom is 0.205 e. The molecule has 0 aliphatic carbocycles.